The topological polar surface area (TPSA) is 46.5 Å². The van der Waals surface area contributed by atoms with E-state index in [9.17, 15) is 9.90 Å². The van der Waals surface area contributed by atoms with Gasteiger partial charge in [-0.05, 0) is 69.7 Å². The fraction of sp³-hybridized carbons (Fsp3) is 0.480. The van der Waals surface area contributed by atoms with Gasteiger partial charge in [0, 0.05) is 9.64 Å². The Hall–Kier alpha value is -1.78. The molecule has 0 aliphatic rings. The van der Waals surface area contributed by atoms with Crippen LogP contribution < -0.4 is 4.74 Å². The molecule has 0 unspecified atom stereocenters. The Kier molecular flexibility index (Phi) is 8.35. The summed E-state index contributed by atoms with van der Waals surface area (Å²) >= 11 is 1.64. The molecule has 29 heavy (non-hydrogen) atoms. The van der Waals surface area contributed by atoms with E-state index in [2.05, 4.69) is 20.8 Å². The third kappa shape index (κ3) is 6.35. The molecule has 0 saturated heterocycles. The number of ether oxygens (including phenoxy) is 1. The highest BCUT2D eigenvalue weighted by Gasteiger charge is 2.41. The van der Waals surface area contributed by atoms with Gasteiger partial charge in [-0.15, -0.1) is 11.8 Å². The molecule has 0 fully saturated rings. The van der Waals surface area contributed by atoms with Crippen molar-refractivity contribution in [2.75, 3.05) is 0 Å². The first-order valence-electron chi connectivity index (χ1n) is 10.3. The molecule has 2 aromatic carbocycles. The lowest BCUT2D eigenvalue weighted by Crippen LogP contribution is -2.44. The number of carbonyl (C=O) groups is 1. The second kappa shape index (κ2) is 10.3. The number of benzene rings is 2. The molecule has 0 aromatic heterocycles. The summed E-state index contributed by atoms with van der Waals surface area (Å²) in [7, 11) is 0. The number of hydrogen-bond donors (Lipinski definition) is 1. The van der Waals surface area contributed by atoms with Gasteiger partial charge in [0.2, 0.25) is 0 Å². The third-order valence-electron chi connectivity index (χ3n) is 5.39. The lowest BCUT2D eigenvalue weighted by Gasteiger charge is -2.37. The largest absolute Gasteiger partial charge is 0.426 e. The number of aliphatic hydroxyl groups excluding tert-OH is 1. The van der Waals surface area contributed by atoms with Crippen molar-refractivity contribution in [3.05, 3.63) is 59.7 Å². The maximum absolute atomic E-state index is 12.9. The second-order valence-corrected chi connectivity index (χ2v) is 10.1. The zero-order chi connectivity index (χ0) is 21.6. The van der Waals surface area contributed by atoms with Crippen molar-refractivity contribution >= 4 is 17.7 Å². The zero-order valence-corrected chi connectivity index (χ0v) is 19.3. The molecule has 3 atom stereocenters. The highest BCUT2D eigenvalue weighted by atomic mass is 32.2. The van der Waals surface area contributed by atoms with Crippen molar-refractivity contribution < 1.29 is 14.6 Å². The van der Waals surface area contributed by atoms with Gasteiger partial charge in [-0.1, -0.05) is 50.2 Å². The molecule has 4 heteroatoms. The van der Waals surface area contributed by atoms with Gasteiger partial charge in [0.1, 0.15) is 5.75 Å². The summed E-state index contributed by atoms with van der Waals surface area (Å²) in [6, 6.07) is 15.9. The molecule has 2 aromatic rings. The fourth-order valence-corrected chi connectivity index (χ4v) is 4.78. The molecule has 0 aliphatic heterocycles. The van der Waals surface area contributed by atoms with Gasteiger partial charge in [-0.25, -0.2) is 0 Å². The molecule has 158 valence electrons. The minimum atomic E-state index is -0.830. The number of thioether (sulfide) groups is 1. The van der Waals surface area contributed by atoms with Crippen LogP contribution in [-0.2, 0) is 4.79 Å². The first-order valence-corrected chi connectivity index (χ1v) is 11.2. The molecule has 0 saturated carbocycles. The van der Waals surface area contributed by atoms with Crippen LogP contribution in [0.5, 0.6) is 5.75 Å². The van der Waals surface area contributed by atoms with Crippen LogP contribution >= 0.6 is 11.8 Å². The van der Waals surface area contributed by atoms with Crippen LogP contribution in [0.4, 0.5) is 0 Å². The Bertz CT molecular complexity index is 783. The Labute approximate surface area is 179 Å². The van der Waals surface area contributed by atoms with Crippen LogP contribution in [0.3, 0.4) is 0 Å². The summed E-state index contributed by atoms with van der Waals surface area (Å²) in [4.78, 5) is 14.0. The van der Waals surface area contributed by atoms with Gasteiger partial charge >= 0.3 is 5.97 Å². The molecular weight excluding hydrogens is 380 g/mol. The van der Waals surface area contributed by atoms with E-state index in [1.807, 2.05) is 62.4 Å². The SMILES string of the molecule is Cc1cccc(C)c1OC(=O)[C@H](C)[C@H](O)[C@@](C)(CCC(C)C)Sc1ccccc1. The smallest absolute Gasteiger partial charge is 0.316 e. The quantitative estimate of drug-likeness (QED) is 0.302. The molecule has 0 amide bonds. The number of esters is 1. The van der Waals surface area contributed by atoms with Crippen molar-refractivity contribution in [3.8, 4) is 5.75 Å². The number of rotatable bonds is 9. The molecule has 2 rings (SSSR count). The Morgan fingerprint density at radius 2 is 1.62 bits per heavy atom. The van der Waals surface area contributed by atoms with Crippen molar-refractivity contribution in [1.29, 1.82) is 0 Å². The molecule has 0 heterocycles. The fourth-order valence-electron chi connectivity index (χ4n) is 3.40. The van der Waals surface area contributed by atoms with Crippen LogP contribution in [0.1, 0.15) is 51.7 Å². The average molecular weight is 415 g/mol. The van der Waals surface area contributed by atoms with Gasteiger partial charge in [-0.3, -0.25) is 4.79 Å². The molecule has 0 aliphatic carbocycles. The molecule has 0 spiro atoms. The van der Waals surface area contributed by atoms with Crippen LogP contribution in [0.25, 0.3) is 0 Å². The van der Waals surface area contributed by atoms with Crippen molar-refractivity contribution in [2.45, 2.75) is 70.1 Å². The van der Waals surface area contributed by atoms with E-state index in [-0.39, 0.29) is 5.97 Å². The molecular formula is C25H34O3S. The highest BCUT2D eigenvalue weighted by Crippen LogP contribution is 2.42. The molecule has 0 bridgehead atoms. The van der Waals surface area contributed by atoms with E-state index in [1.165, 1.54) is 0 Å². The summed E-state index contributed by atoms with van der Waals surface area (Å²) < 4.78 is 5.23. The summed E-state index contributed by atoms with van der Waals surface area (Å²) in [6.45, 7) is 12.0. The summed E-state index contributed by atoms with van der Waals surface area (Å²) in [5.74, 6) is 0.0904. The monoisotopic (exact) mass is 414 g/mol. The zero-order valence-electron chi connectivity index (χ0n) is 18.4. The normalized spacial score (nSPS) is 15.6. The summed E-state index contributed by atoms with van der Waals surface area (Å²) in [5.41, 5.74) is 1.84. The Balaban J connectivity index is 2.21. The van der Waals surface area contributed by atoms with E-state index >= 15 is 0 Å². The highest BCUT2D eigenvalue weighted by molar-refractivity contribution is 8.00. The molecule has 0 radical (unpaired) electrons. The van der Waals surface area contributed by atoms with Crippen LogP contribution in [0, 0.1) is 25.7 Å². The number of carbonyl (C=O) groups excluding carboxylic acids is 1. The maximum atomic E-state index is 12.9. The van der Waals surface area contributed by atoms with Crippen LogP contribution in [0.2, 0.25) is 0 Å². The molecule has 1 N–H and O–H groups in total. The van der Waals surface area contributed by atoms with E-state index in [0.29, 0.717) is 11.7 Å². The average Bonchev–Trinajstić information content (AvgIpc) is 2.68. The van der Waals surface area contributed by atoms with Crippen LogP contribution in [0.15, 0.2) is 53.4 Å². The van der Waals surface area contributed by atoms with Crippen LogP contribution in [-0.4, -0.2) is 21.9 Å². The number of para-hydroxylation sites is 1. The standard InChI is InChI=1S/C25H34O3S/c1-17(2)15-16-25(6,29-21-13-8-7-9-14-21)23(26)20(5)24(27)28-22-18(3)11-10-12-19(22)4/h7-14,17,20,23,26H,15-16H2,1-6H3/t20-,23+,25-/m1/s1. The van der Waals surface area contributed by atoms with Gasteiger partial charge in [0.05, 0.1) is 12.0 Å². The van der Waals surface area contributed by atoms with Gasteiger partial charge in [0.15, 0.2) is 0 Å². The number of aliphatic hydroxyl groups is 1. The lowest BCUT2D eigenvalue weighted by molar-refractivity contribution is -0.142. The second-order valence-electron chi connectivity index (χ2n) is 8.54. The van der Waals surface area contributed by atoms with E-state index in [4.69, 9.17) is 4.74 Å². The Morgan fingerprint density at radius 3 is 2.17 bits per heavy atom. The minimum absolute atomic E-state index is 0.390. The van der Waals surface area contributed by atoms with Gasteiger partial charge in [0.25, 0.3) is 0 Å². The lowest BCUT2D eigenvalue weighted by atomic mass is 9.87. The van der Waals surface area contributed by atoms with Crippen molar-refractivity contribution in [3.63, 3.8) is 0 Å². The molecule has 3 nitrogen and oxygen atoms in total. The minimum Gasteiger partial charge on any atom is -0.426 e. The maximum Gasteiger partial charge on any atom is 0.316 e. The van der Waals surface area contributed by atoms with Crippen molar-refractivity contribution in [2.24, 2.45) is 11.8 Å². The number of hydrogen-bond acceptors (Lipinski definition) is 4. The predicted molar refractivity (Wildman–Crippen MR) is 121 cm³/mol. The van der Waals surface area contributed by atoms with Gasteiger partial charge in [-0.2, -0.15) is 0 Å². The first kappa shape index (κ1) is 23.5. The Morgan fingerprint density at radius 1 is 1.03 bits per heavy atom. The summed E-state index contributed by atoms with van der Waals surface area (Å²) in [6.07, 6.45) is 0.960. The van der Waals surface area contributed by atoms with Crippen molar-refractivity contribution in [1.82, 2.24) is 0 Å². The number of aryl methyl sites for hydroxylation is 2. The van der Waals surface area contributed by atoms with Gasteiger partial charge < -0.3 is 9.84 Å². The predicted octanol–water partition coefficient (Wildman–Crippen LogP) is 6.19. The summed E-state index contributed by atoms with van der Waals surface area (Å²) in [5, 5.41) is 11.3. The van der Waals surface area contributed by atoms with E-state index < -0.39 is 16.8 Å². The van der Waals surface area contributed by atoms with E-state index in [0.717, 1.165) is 28.9 Å². The third-order valence-corrected chi connectivity index (χ3v) is 6.81. The van der Waals surface area contributed by atoms with E-state index in [1.54, 1.807) is 18.7 Å². The first-order chi connectivity index (χ1) is 13.6.